The quantitative estimate of drug-likeness (QED) is 0.477. The molecule has 2 aromatic rings. The number of nitrogens with one attached hydrogen (secondary N) is 1. The standard InChI is InChI=1S/C16H20FN2O6PS/c1-10-8-19(16(27)18-15(10)21)11(2)24-13(14(17)20)9-23-26(22)25-12-6-4-3-5-7-12/h3-8,11,13-14,20,26H,9H2,1-2H3,(H,18,21,27)/t11-,13-,14+/m0/s1. The van der Waals surface area contributed by atoms with Crippen molar-refractivity contribution in [1.29, 1.82) is 0 Å². The van der Waals surface area contributed by atoms with Crippen molar-refractivity contribution in [3.8, 4) is 5.75 Å². The minimum atomic E-state index is -2.97. The van der Waals surface area contributed by atoms with Crippen LogP contribution >= 0.6 is 20.5 Å². The number of para-hydroxylation sites is 1. The molecular formula is C16H20FN2O6PS. The van der Waals surface area contributed by atoms with Crippen LogP contribution in [0.1, 0.15) is 18.7 Å². The van der Waals surface area contributed by atoms with E-state index >= 15 is 0 Å². The van der Waals surface area contributed by atoms with Gasteiger partial charge in [-0.25, -0.2) is 8.96 Å². The van der Waals surface area contributed by atoms with Crippen molar-refractivity contribution in [2.45, 2.75) is 32.5 Å². The highest BCUT2D eigenvalue weighted by atomic mass is 32.1. The number of nitrogens with zero attached hydrogens (tertiary/aromatic N) is 1. The number of aliphatic hydroxyl groups excluding tert-OH is 1. The Balaban J connectivity index is 1.99. The fraction of sp³-hybridized carbons (Fsp3) is 0.375. The number of benzene rings is 1. The smallest absolute Gasteiger partial charge is 0.367 e. The summed E-state index contributed by atoms with van der Waals surface area (Å²) >= 11 is 5.05. The van der Waals surface area contributed by atoms with Gasteiger partial charge in [-0.3, -0.25) is 18.9 Å². The highest BCUT2D eigenvalue weighted by Gasteiger charge is 2.24. The average molecular weight is 418 g/mol. The van der Waals surface area contributed by atoms with Crippen LogP contribution in [-0.4, -0.2) is 33.7 Å². The first-order valence-electron chi connectivity index (χ1n) is 7.97. The summed E-state index contributed by atoms with van der Waals surface area (Å²) in [6.45, 7) is 2.61. The molecule has 11 heteroatoms. The fourth-order valence-corrected chi connectivity index (χ4v) is 3.10. The second kappa shape index (κ2) is 9.91. The molecule has 0 saturated heterocycles. The SMILES string of the molecule is Cc1cn([C@H](C)O[C@@H](CO[PH](=O)Oc2ccccc2)[C@@H](O)F)c(=S)[nH]c1=O. The molecule has 2 N–H and O–H groups in total. The van der Waals surface area contributed by atoms with Crippen LogP contribution in [0, 0.1) is 11.7 Å². The topological polar surface area (TPSA) is 103 Å². The molecule has 0 amide bonds. The van der Waals surface area contributed by atoms with E-state index in [-0.39, 0.29) is 10.3 Å². The highest BCUT2D eigenvalue weighted by Crippen LogP contribution is 2.28. The molecule has 27 heavy (non-hydrogen) atoms. The number of ether oxygens (including phenoxy) is 1. The maximum atomic E-state index is 13.5. The summed E-state index contributed by atoms with van der Waals surface area (Å²) in [4.78, 5) is 14.0. The van der Waals surface area contributed by atoms with Crippen LogP contribution in [0.4, 0.5) is 4.39 Å². The number of rotatable bonds is 9. The largest absolute Gasteiger partial charge is 0.426 e. The van der Waals surface area contributed by atoms with E-state index in [1.165, 1.54) is 10.8 Å². The molecule has 1 heterocycles. The number of aryl methyl sites for hydroxylation is 1. The van der Waals surface area contributed by atoms with Crippen LogP contribution in [-0.2, 0) is 13.8 Å². The van der Waals surface area contributed by atoms with E-state index in [4.69, 9.17) is 26.0 Å². The summed E-state index contributed by atoms with van der Waals surface area (Å²) in [5.41, 5.74) is 0.0412. The van der Waals surface area contributed by atoms with Crippen molar-refractivity contribution in [1.82, 2.24) is 9.55 Å². The van der Waals surface area contributed by atoms with Gasteiger partial charge >= 0.3 is 8.25 Å². The monoisotopic (exact) mass is 418 g/mol. The molecule has 0 aliphatic carbocycles. The molecule has 1 unspecified atom stereocenters. The van der Waals surface area contributed by atoms with Crippen molar-refractivity contribution in [2.24, 2.45) is 0 Å². The van der Waals surface area contributed by atoms with Crippen LogP contribution in [0.25, 0.3) is 0 Å². The minimum Gasteiger partial charge on any atom is -0.426 e. The van der Waals surface area contributed by atoms with Crippen molar-refractivity contribution < 1.29 is 27.8 Å². The van der Waals surface area contributed by atoms with E-state index < -0.39 is 33.6 Å². The van der Waals surface area contributed by atoms with Gasteiger partial charge in [0.15, 0.2) is 4.77 Å². The van der Waals surface area contributed by atoms with Crippen molar-refractivity contribution >= 4 is 20.5 Å². The van der Waals surface area contributed by atoms with Gasteiger partial charge in [-0.2, -0.15) is 0 Å². The van der Waals surface area contributed by atoms with Gasteiger partial charge in [0, 0.05) is 11.8 Å². The lowest BCUT2D eigenvalue weighted by Gasteiger charge is -2.24. The molecule has 0 bridgehead atoms. The first-order chi connectivity index (χ1) is 12.8. The zero-order valence-corrected chi connectivity index (χ0v) is 16.4. The number of alkyl halides is 1. The molecule has 0 spiro atoms. The van der Waals surface area contributed by atoms with Gasteiger partial charge in [0.05, 0.1) is 6.61 Å². The van der Waals surface area contributed by atoms with Crippen LogP contribution in [0.2, 0.25) is 0 Å². The van der Waals surface area contributed by atoms with Crippen molar-refractivity contribution in [3.63, 3.8) is 0 Å². The third-order valence-corrected chi connectivity index (χ3v) is 4.64. The van der Waals surface area contributed by atoms with E-state index in [1.54, 1.807) is 44.2 Å². The van der Waals surface area contributed by atoms with Crippen LogP contribution in [0.5, 0.6) is 5.75 Å². The predicted octanol–water partition coefficient (Wildman–Crippen LogP) is 2.89. The Hall–Kier alpha value is -1.84. The van der Waals surface area contributed by atoms with Gasteiger partial charge in [-0.05, 0) is 38.2 Å². The zero-order chi connectivity index (χ0) is 20.0. The number of H-pyrrole nitrogens is 1. The Morgan fingerprint density at radius 2 is 2.04 bits per heavy atom. The summed E-state index contributed by atoms with van der Waals surface area (Å²) in [6, 6.07) is 8.33. The van der Waals surface area contributed by atoms with E-state index in [0.29, 0.717) is 11.3 Å². The van der Waals surface area contributed by atoms with Gasteiger partial charge in [0.25, 0.3) is 5.56 Å². The van der Waals surface area contributed by atoms with Crippen molar-refractivity contribution in [2.75, 3.05) is 6.61 Å². The van der Waals surface area contributed by atoms with E-state index in [2.05, 4.69) is 4.98 Å². The molecule has 148 valence electrons. The molecule has 0 aliphatic heterocycles. The Morgan fingerprint density at radius 3 is 2.67 bits per heavy atom. The Labute approximate surface area is 160 Å². The lowest BCUT2D eigenvalue weighted by molar-refractivity contribution is -0.152. The number of aromatic amines is 1. The molecular weight excluding hydrogens is 398 g/mol. The zero-order valence-electron chi connectivity index (χ0n) is 14.6. The summed E-state index contributed by atoms with van der Waals surface area (Å²) in [5.74, 6) is 0.336. The number of aliphatic hydroxyl groups is 1. The average Bonchev–Trinajstić information content (AvgIpc) is 2.62. The van der Waals surface area contributed by atoms with Gasteiger partial charge in [0.1, 0.15) is 18.1 Å². The molecule has 0 aliphatic rings. The van der Waals surface area contributed by atoms with E-state index in [9.17, 15) is 18.9 Å². The van der Waals surface area contributed by atoms with Gasteiger partial charge in [-0.1, -0.05) is 18.2 Å². The highest BCUT2D eigenvalue weighted by molar-refractivity contribution is 7.71. The normalized spacial score (nSPS) is 15.7. The summed E-state index contributed by atoms with van der Waals surface area (Å²) in [7, 11) is -2.97. The molecule has 1 aromatic carbocycles. The first kappa shape index (κ1) is 21.5. The predicted molar refractivity (Wildman–Crippen MR) is 99.3 cm³/mol. The third kappa shape index (κ3) is 6.37. The molecule has 0 saturated carbocycles. The molecule has 2 rings (SSSR count). The number of hydrogen-bond acceptors (Lipinski definition) is 7. The first-order valence-corrected chi connectivity index (χ1v) is 9.60. The summed E-state index contributed by atoms with van der Waals surface area (Å²) in [5, 5.41) is 9.28. The van der Waals surface area contributed by atoms with Gasteiger partial charge in [0.2, 0.25) is 6.36 Å². The fourth-order valence-electron chi connectivity index (χ4n) is 2.12. The number of halogens is 1. The van der Waals surface area contributed by atoms with E-state index in [1.807, 2.05) is 0 Å². The second-order valence-electron chi connectivity index (χ2n) is 5.60. The molecule has 1 aromatic heterocycles. The van der Waals surface area contributed by atoms with Gasteiger partial charge in [-0.15, -0.1) is 0 Å². The summed E-state index contributed by atoms with van der Waals surface area (Å²) in [6.07, 6.45) is -3.21. The maximum Gasteiger partial charge on any atom is 0.367 e. The second-order valence-corrected chi connectivity index (χ2v) is 6.98. The van der Waals surface area contributed by atoms with E-state index in [0.717, 1.165) is 0 Å². The lowest BCUT2D eigenvalue weighted by Crippen LogP contribution is -2.33. The van der Waals surface area contributed by atoms with Gasteiger partial charge < -0.3 is 14.4 Å². The molecule has 4 atom stereocenters. The lowest BCUT2D eigenvalue weighted by atomic mass is 10.3. The maximum absolute atomic E-state index is 13.5. The van der Waals surface area contributed by atoms with Crippen LogP contribution in [0.3, 0.4) is 0 Å². The number of aromatic nitrogens is 2. The van der Waals surface area contributed by atoms with Crippen molar-refractivity contribution in [3.05, 3.63) is 57.2 Å². The van der Waals surface area contributed by atoms with Crippen LogP contribution < -0.4 is 10.1 Å². The Morgan fingerprint density at radius 1 is 1.37 bits per heavy atom. The minimum absolute atomic E-state index is 0.0760. The third-order valence-electron chi connectivity index (χ3n) is 3.53. The molecule has 0 radical (unpaired) electrons. The Kier molecular flexibility index (Phi) is 7.88. The number of hydrogen-bond donors (Lipinski definition) is 2. The summed E-state index contributed by atoms with van der Waals surface area (Å²) < 4.78 is 42.3. The molecule has 8 nitrogen and oxygen atoms in total. The molecule has 0 fully saturated rings. The Bertz CT molecular complexity index is 888. The van der Waals surface area contributed by atoms with Crippen LogP contribution in [0.15, 0.2) is 41.3 Å².